The Bertz CT molecular complexity index is 957. The molecule has 0 radical (unpaired) electrons. The van der Waals surface area contributed by atoms with E-state index in [0.717, 1.165) is 5.56 Å². The van der Waals surface area contributed by atoms with Crippen molar-refractivity contribution in [3.8, 4) is 0 Å². The van der Waals surface area contributed by atoms with Gasteiger partial charge in [-0.15, -0.1) is 5.10 Å². The van der Waals surface area contributed by atoms with E-state index in [1.165, 1.54) is 0 Å². The van der Waals surface area contributed by atoms with Gasteiger partial charge in [0, 0.05) is 10.4 Å². The molecule has 0 amide bonds. The first-order valence-corrected chi connectivity index (χ1v) is 9.65. The topological polar surface area (TPSA) is 76.7 Å². The molecule has 144 valence electrons. The Labute approximate surface area is 164 Å². The summed E-state index contributed by atoms with van der Waals surface area (Å²) in [6.45, 7) is 10.5. The predicted octanol–water partition coefficient (Wildman–Crippen LogP) is 4.23. The zero-order chi connectivity index (χ0) is 19.8. The monoisotopic (exact) mass is 387 g/mol. The van der Waals surface area contributed by atoms with Crippen molar-refractivity contribution in [2.24, 2.45) is 0 Å². The minimum Gasteiger partial charge on any atom is -0.383 e. The minimum absolute atomic E-state index is 0.273. The zero-order valence-corrected chi connectivity index (χ0v) is 17.2. The molecule has 0 aliphatic heterocycles. The van der Waals surface area contributed by atoms with Gasteiger partial charge < -0.3 is 5.11 Å². The van der Waals surface area contributed by atoms with Crippen molar-refractivity contribution in [1.82, 2.24) is 25.0 Å². The molecule has 6 nitrogen and oxygen atoms in total. The molecular weight excluding hydrogens is 362 g/mol. The van der Waals surface area contributed by atoms with Crippen molar-refractivity contribution >= 4 is 22.8 Å². The molecule has 0 aliphatic carbocycles. The molecule has 3 rings (SSSR count). The lowest BCUT2D eigenvalue weighted by Gasteiger charge is -2.26. The van der Waals surface area contributed by atoms with Crippen LogP contribution in [0.5, 0.6) is 0 Å². The normalized spacial score (nSPS) is 12.7. The fourth-order valence-corrected chi connectivity index (χ4v) is 3.19. The minimum atomic E-state index is -1.06. The summed E-state index contributed by atoms with van der Waals surface area (Å²) < 4.78 is 1.72. The van der Waals surface area contributed by atoms with Crippen LogP contribution in [0.4, 0.5) is 0 Å². The van der Waals surface area contributed by atoms with Crippen LogP contribution in [-0.2, 0) is 17.6 Å². The largest absolute Gasteiger partial charge is 0.383 e. The van der Waals surface area contributed by atoms with Gasteiger partial charge in [0.05, 0.1) is 6.54 Å². The average molecular weight is 388 g/mol. The third-order valence-electron chi connectivity index (χ3n) is 4.92. The maximum Gasteiger partial charge on any atom is 0.182 e. The lowest BCUT2D eigenvalue weighted by molar-refractivity contribution is 0.0250. The zero-order valence-electron chi connectivity index (χ0n) is 16.5. The van der Waals surface area contributed by atoms with Gasteiger partial charge in [0.25, 0.3) is 0 Å². The number of fused-ring (bicyclic) bond motifs is 1. The Hall–Kier alpha value is -2.05. The van der Waals surface area contributed by atoms with E-state index in [9.17, 15) is 5.11 Å². The lowest BCUT2D eigenvalue weighted by Crippen LogP contribution is -2.28. The molecular formula is C20H26ClN5O. The number of rotatable bonds is 5. The van der Waals surface area contributed by atoms with Gasteiger partial charge in [0.15, 0.2) is 11.2 Å². The number of aromatic nitrogens is 5. The van der Waals surface area contributed by atoms with Crippen molar-refractivity contribution in [3.05, 3.63) is 46.4 Å². The fourth-order valence-electron chi connectivity index (χ4n) is 3.00. The van der Waals surface area contributed by atoms with Crippen LogP contribution in [0.2, 0.25) is 5.02 Å². The molecule has 2 aromatic heterocycles. The van der Waals surface area contributed by atoms with Gasteiger partial charge in [-0.25, -0.2) is 14.6 Å². The number of hydrogen-bond donors (Lipinski definition) is 1. The van der Waals surface area contributed by atoms with Crippen molar-refractivity contribution in [2.45, 2.75) is 65.0 Å². The van der Waals surface area contributed by atoms with E-state index in [4.69, 9.17) is 21.6 Å². The summed E-state index contributed by atoms with van der Waals surface area (Å²) in [4.78, 5) is 9.47. The SMILES string of the molecule is CCC(O)(CC)c1nc(C(C)(C)C)nc2c1nnn2Cc1ccccc1Cl. The highest BCUT2D eigenvalue weighted by molar-refractivity contribution is 6.31. The van der Waals surface area contributed by atoms with Crippen LogP contribution in [0.3, 0.4) is 0 Å². The molecule has 0 bridgehead atoms. The van der Waals surface area contributed by atoms with Crippen LogP contribution in [-0.4, -0.2) is 30.1 Å². The molecule has 0 spiro atoms. The first-order chi connectivity index (χ1) is 12.7. The number of benzene rings is 1. The van der Waals surface area contributed by atoms with Gasteiger partial charge in [-0.1, -0.05) is 69.6 Å². The summed E-state index contributed by atoms with van der Waals surface area (Å²) in [6, 6.07) is 7.64. The summed E-state index contributed by atoms with van der Waals surface area (Å²) in [5.41, 5.74) is 1.31. The third kappa shape index (κ3) is 3.69. The summed E-state index contributed by atoms with van der Waals surface area (Å²) in [5.74, 6) is 0.660. The van der Waals surface area contributed by atoms with Gasteiger partial charge in [0.1, 0.15) is 17.1 Å². The standard InChI is InChI=1S/C20H26ClN5O/c1-6-20(27,7-2)16-15-17(23-18(22-16)19(3,4)5)26(25-24-15)12-13-10-8-9-11-14(13)21/h8-11,27H,6-7,12H2,1-5H3. The Morgan fingerprint density at radius 3 is 2.33 bits per heavy atom. The van der Waals surface area contributed by atoms with Gasteiger partial charge in [-0.2, -0.15) is 0 Å². The van der Waals surface area contributed by atoms with Crippen LogP contribution >= 0.6 is 11.6 Å². The molecule has 27 heavy (non-hydrogen) atoms. The molecule has 0 aliphatic rings. The quantitative estimate of drug-likeness (QED) is 0.708. The van der Waals surface area contributed by atoms with Gasteiger partial charge in [-0.3, -0.25) is 0 Å². The smallest absolute Gasteiger partial charge is 0.182 e. The molecule has 0 saturated carbocycles. The Kier molecular flexibility index (Phi) is 5.23. The van der Waals surface area contributed by atoms with E-state index >= 15 is 0 Å². The van der Waals surface area contributed by atoms with E-state index in [1.54, 1.807) is 4.68 Å². The molecule has 1 aromatic carbocycles. The number of halogens is 1. The molecule has 0 atom stereocenters. The van der Waals surface area contributed by atoms with Crippen LogP contribution in [0.1, 0.15) is 64.5 Å². The number of nitrogens with zero attached hydrogens (tertiary/aromatic N) is 5. The second-order valence-electron chi connectivity index (χ2n) is 7.90. The number of hydrogen-bond acceptors (Lipinski definition) is 5. The summed E-state index contributed by atoms with van der Waals surface area (Å²) >= 11 is 6.31. The highest BCUT2D eigenvalue weighted by Gasteiger charge is 2.33. The molecule has 0 saturated heterocycles. The molecule has 0 fully saturated rings. The molecule has 3 aromatic rings. The third-order valence-corrected chi connectivity index (χ3v) is 5.29. The number of aliphatic hydroxyl groups is 1. The Balaban J connectivity index is 2.23. The predicted molar refractivity (Wildman–Crippen MR) is 107 cm³/mol. The second-order valence-corrected chi connectivity index (χ2v) is 8.30. The maximum absolute atomic E-state index is 11.1. The van der Waals surface area contributed by atoms with Crippen LogP contribution in [0.25, 0.3) is 11.2 Å². The second kappa shape index (κ2) is 7.17. The molecule has 1 N–H and O–H groups in total. The van der Waals surface area contributed by atoms with Crippen LogP contribution < -0.4 is 0 Å². The van der Waals surface area contributed by atoms with Crippen molar-refractivity contribution in [2.75, 3.05) is 0 Å². The van der Waals surface area contributed by atoms with E-state index in [2.05, 4.69) is 31.1 Å². The van der Waals surface area contributed by atoms with E-state index < -0.39 is 5.60 Å². The molecule has 7 heteroatoms. The van der Waals surface area contributed by atoms with Gasteiger partial charge in [0.2, 0.25) is 0 Å². The van der Waals surface area contributed by atoms with Crippen LogP contribution in [0.15, 0.2) is 24.3 Å². The Morgan fingerprint density at radius 1 is 1.07 bits per heavy atom. The van der Waals surface area contributed by atoms with Crippen molar-refractivity contribution in [3.63, 3.8) is 0 Å². The Morgan fingerprint density at radius 2 is 1.74 bits per heavy atom. The highest BCUT2D eigenvalue weighted by atomic mass is 35.5. The first kappa shape index (κ1) is 19.7. The maximum atomic E-state index is 11.1. The summed E-state index contributed by atoms with van der Waals surface area (Å²) in [5, 5.41) is 20.4. The van der Waals surface area contributed by atoms with E-state index in [1.807, 2.05) is 38.1 Å². The summed E-state index contributed by atoms with van der Waals surface area (Å²) in [7, 11) is 0. The first-order valence-electron chi connectivity index (χ1n) is 9.27. The van der Waals surface area contributed by atoms with Gasteiger partial charge >= 0.3 is 0 Å². The summed E-state index contributed by atoms with van der Waals surface area (Å²) in [6.07, 6.45) is 1.08. The average Bonchev–Trinajstić information content (AvgIpc) is 3.04. The van der Waals surface area contributed by atoms with Gasteiger partial charge in [-0.05, 0) is 24.5 Å². The van der Waals surface area contributed by atoms with Crippen molar-refractivity contribution < 1.29 is 5.11 Å². The highest BCUT2D eigenvalue weighted by Crippen LogP contribution is 2.33. The fraction of sp³-hybridized carbons (Fsp3) is 0.500. The van der Waals surface area contributed by atoms with E-state index in [-0.39, 0.29) is 5.41 Å². The van der Waals surface area contributed by atoms with Crippen LogP contribution in [0, 0.1) is 0 Å². The van der Waals surface area contributed by atoms with Crippen molar-refractivity contribution in [1.29, 1.82) is 0 Å². The lowest BCUT2D eigenvalue weighted by atomic mass is 9.90. The molecule has 2 heterocycles. The van der Waals surface area contributed by atoms with E-state index in [0.29, 0.717) is 47.1 Å². The molecule has 0 unspecified atom stereocenters.